The Labute approximate surface area is 93.4 Å². The molecule has 1 atom stereocenters. The third kappa shape index (κ3) is 3.20. The van der Waals surface area contributed by atoms with Crippen LogP contribution in [0.2, 0.25) is 0 Å². The lowest BCUT2D eigenvalue weighted by Gasteiger charge is -2.19. The molecule has 2 N–H and O–H groups in total. The Bertz CT molecular complexity index is 336. The van der Waals surface area contributed by atoms with E-state index < -0.39 is 5.97 Å². The number of rotatable bonds is 5. The number of aromatic nitrogens is 1. The molecule has 0 radical (unpaired) electrons. The number of anilines is 1. The number of aromatic carboxylic acids is 1. The zero-order valence-corrected chi connectivity index (χ0v) is 9.97. The van der Waals surface area contributed by atoms with Gasteiger partial charge in [-0.05, 0) is 12.3 Å². The first-order valence-corrected chi connectivity index (χ1v) is 5.82. The Hall–Kier alpha value is -1.10. The number of thiazole rings is 1. The van der Waals surface area contributed by atoms with Crippen LogP contribution < -0.4 is 5.32 Å². The van der Waals surface area contributed by atoms with E-state index in [2.05, 4.69) is 31.1 Å². The number of nitrogens with one attached hydrogen (secondary N) is 1. The summed E-state index contributed by atoms with van der Waals surface area (Å²) in [6.07, 6.45) is 2.39. The van der Waals surface area contributed by atoms with Crippen molar-refractivity contribution in [3.05, 3.63) is 11.1 Å². The van der Waals surface area contributed by atoms with Crippen LogP contribution in [-0.4, -0.2) is 22.1 Å². The third-order valence-corrected chi connectivity index (χ3v) is 3.19. The molecule has 0 saturated carbocycles. The molecule has 1 heterocycles. The normalized spacial score (nSPS) is 12.8. The molecular formula is C10H16N2O2S. The van der Waals surface area contributed by atoms with Crippen LogP contribution >= 0.6 is 11.3 Å². The van der Waals surface area contributed by atoms with Crippen molar-refractivity contribution in [2.45, 2.75) is 33.2 Å². The van der Waals surface area contributed by atoms with Crippen molar-refractivity contribution in [3.8, 4) is 0 Å². The molecule has 0 aliphatic rings. The predicted molar refractivity (Wildman–Crippen MR) is 61.6 cm³/mol. The predicted octanol–water partition coefficient (Wildman–Crippen LogP) is 2.69. The highest BCUT2D eigenvalue weighted by Gasteiger charge is 2.14. The summed E-state index contributed by atoms with van der Waals surface area (Å²) >= 11 is 1.18. The number of carboxylic acid groups (broad SMARTS) is 1. The maximum Gasteiger partial charge on any atom is 0.347 e. The second-order valence-electron chi connectivity index (χ2n) is 3.74. The monoisotopic (exact) mass is 228 g/mol. The molecular weight excluding hydrogens is 212 g/mol. The van der Waals surface area contributed by atoms with E-state index in [1.807, 2.05) is 0 Å². The van der Waals surface area contributed by atoms with Gasteiger partial charge in [0.2, 0.25) is 0 Å². The van der Waals surface area contributed by atoms with E-state index in [4.69, 9.17) is 5.11 Å². The molecule has 0 aromatic carbocycles. The van der Waals surface area contributed by atoms with Gasteiger partial charge < -0.3 is 10.4 Å². The van der Waals surface area contributed by atoms with Crippen molar-refractivity contribution >= 4 is 22.4 Å². The summed E-state index contributed by atoms with van der Waals surface area (Å²) in [7, 11) is 0. The van der Waals surface area contributed by atoms with Crippen LogP contribution in [0.3, 0.4) is 0 Å². The van der Waals surface area contributed by atoms with E-state index in [0.29, 0.717) is 17.1 Å². The SMILES string of the molecule is CCC(Nc1ncc(C(=O)O)s1)C(C)C. The first-order chi connectivity index (χ1) is 7.04. The summed E-state index contributed by atoms with van der Waals surface area (Å²) in [6, 6.07) is 0.345. The molecule has 0 aliphatic heterocycles. The summed E-state index contributed by atoms with van der Waals surface area (Å²) in [6.45, 7) is 6.36. The summed E-state index contributed by atoms with van der Waals surface area (Å²) in [5, 5.41) is 12.7. The van der Waals surface area contributed by atoms with Crippen molar-refractivity contribution in [1.82, 2.24) is 4.98 Å². The van der Waals surface area contributed by atoms with Crippen molar-refractivity contribution in [2.24, 2.45) is 5.92 Å². The summed E-state index contributed by atoms with van der Waals surface area (Å²) in [5.74, 6) is -0.412. The third-order valence-electron chi connectivity index (χ3n) is 2.27. The molecule has 0 saturated heterocycles. The van der Waals surface area contributed by atoms with Gasteiger partial charge in [-0.2, -0.15) is 0 Å². The van der Waals surface area contributed by atoms with Gasteiger partial charge in [-0.3, -0.25) is 0 Å². The molecule has 15 heavy (non-hydrogen) atoms. The van der Waals surface area contributed by atoms with Crippen LogP contribution in [0.1, 0.15) is 36.9 Å². The number of nitrogens with zero attached hydrogens (tertiary/aromatic N) is 1. The lowest BCUT2D eigenvalue weighted by molar-refractivity contribution is 0.0702. The first-order valence-electron chi connectivity index (χ1n) is 5.00. The smallest absolute Gasteiger partial charge is 0.347 e. The summed E-state index contributed by atoms with van der Waals surface area (Å²) in [4.78, 5) is 15.0. The van der Waals surface area contributed by atoms with Crippen molar-refractivity contribution < 1.29 is 9.90 Å². The maximum absolute atomic E-state index is 10.6. The largest absolute Gasteiger partial charge is 0.477 e. The van der Waals surface area contributed by atoms with E-state index >= 15 is 0 Å². The van der Waals surface area contributed by atoms with E-state index in [9.17, 15) is 4.79 Å². The Kier molecular flexibility index (Phi) is 4.08. The van der Waals surface area contributed by atoms with Crippen molar-refractivity contribution in [1.29, 1.82) is 0 Å². The number of hydrogen-bond acceptors (Lipinski definition) is 4. The quantitative estimate of drug-likeness (QED) is 0.813. The lowest BCUT2D eigenvalue weighted by Crippen LogP contribution is -2.24. The first kappa shape index (κ1) is 12.0. The summed E-state index contributed by atoms with van der Waals surface area (Å²) < 4.78 is 0. The minimum Gasteiger partial charge on any atom is -0.477 e. The Morgan fingerprint density at radius 1 is 1.67 bits per heavy atom. The van der Waals surface area contributed by atoms with Crippen LogP contribution in [0, 0.1) is 5.92 Å². The zero-order chi connectivity index (χ0) is 11.4. The molecule has 1 rings (SSSR count). The second kappa shape index (κ2) is 5.11. The fourth-order valence-electron chi connectivity index (χ4n) is 1.34. The Morgan fingerprint density at radius 3 is 2.73 bits per heavy atom. The molecule has 5 heteroatoms. The molecule has 1 unspecified atom stereocenters. The molecule has 84 valence electrons. The van der Waals surface area contributed by atoms with Crippen molar-refractivity contribution in [2.75, 3.05) is 5.32 Å². The highest BCUT2D eigenvalue weighted by molar-refractivity contribution is 7.17. The molecule has 0 amide bonds. The van der Waals surface area contributed by atoms with Gasteiger partial charge in [0.25, 0.3) is 0 Å². The van der Waals surface area contributed by atoms with Gasteiger partial charge >= 0.3 is 5.97 Å². The maximum atomic E-state index is 10.6. The van der Waals surface area contributed by atoms with Gasteiger partial charge in [0.05, 0.1) is 6.20 Å². The average Bonchev–Trinajstić information content (AvgIpc) is 2.61. The van der Waals surface area contributed by atoms with E-state index in [1.165, 1.54) is 17.5 Å². The molecule has 1 aromatic heterocycles. The van der Waals surface area contributed by atoms with Gasteiger partial charge in [-0.15, -0.1) is 0 Å². The van der Waals surface area contributed by atoms with Crippen LogP contribution in [0.25, 0.3) is 0 Å². The number of carboxylic acids is 1. The molecule has 0 aliphatic carbocycles. The van der Waals surface area contributed by atoms with E-state index in [-0.39, 0.29) is 4.88 Å². The minimum absolute atomic E-state index is 0.274. The Balaban J connectivity index is 2.67. The van der Waals surface area contributed by atoms with Crippen LogP contribution in [0.4, 0.5) is 5.13 Å². The van der Waals surface area contributed by atoms with Crippen molar-refractivity contribution in [3.63, 3.8) is 0 Å². The molecule has 0 fully saturated rings. The summed E-state index contributed by atoms with van der Waals surface area (Å²) in [5.41, 5.74) is 0. The van der Waals surface area contributed by atoms with E-state index in [0.717, 1.165) is 6.42 Å². The topological polar surface area (TPSA) is 62.2 Å². The molecule has 0 bridgehead atoms. The second-order valence-corrected chi connectivity index (χ2v) is 4.77. The standard InChI is InChI=1S/C10H16N2O2S/c1-4-7(6(2)3)12-10-11-5-8(15-10)9(13)14/h5-7H,4H2,1-3H3,(H,11,12)(H,13,14). The number of carbonyl (C=O) groups is 1. The van der Waals surface area contributed by atoms with Gasteiger partial charge in [-0.25, -0.2) is 9.78 Å². The van der Waals surface area contributed by atoms with Gasteiger partial charge in [0.15, 0.2) is 5.13 Å². The minimum atomic E-state index is -0.918. The van der Waals surface area contributed by atoms with Crippen LogP contribution in [-0.2, 0) is 0 Å². The van der Waals surface area contributed by atoms with Gasteiger partial charge in [-0.1, -0.05) is 32.1 Å². The molecule has 0 spiro atoms. The van der Waals surface area contributed by atoms with Crippen LogP contribution in [0.5, 0.6) is 0 Å². The van der Waals surface area contributed by atoms with Gasteiger partial charge in [0, 0.05) is 6.04 Å². The number of hydrogen-bond donors (Lipinski definition) is 2. The zero-order valence-electron chi connectivity index (χ0n) is 9.15. The lowest BCUT2D eigenvalue weighted by atomic mass is 10.0. The highest BCUT2D eigenvalue weighted by atomic mass is 32.1. The van der Waals surface area contributed by atoms with E-state index in [1.54, 1.807) is 0 Å². The Morgan fingerprint density at radius 2 is 2.33 bits per heavy atom. The molecule has 4 nitrogen and oxygen atoms in total. The highest BCUT2D eigenvalue weighted by Crippen LogP contribution is 2.21. The average molecular weight is 228 g/mol. The fourth-order valence-corrected chi connectivity index (χ4v) is 2.06. The molecule has 1 aromatic rings. The van der Waals surface area contributed by atoms with Gasteiger partial charge in [0.1, 0.15) is 4.88 Å². The fraction of sp³-hybridized carbons (Fsp3) is 0.600. The van der Waals surface area contributed by atoms with Crippen LogP contribution in [0.15, 0.2) is 6.20 Å².